The summed E-state index contributed by atoms with van der Waals surface area (Å²) in [7, 11) is 1.65. The Kier molecular flexibility index (Phi) is 7.76. The Morgan fingerprint density at radius 1 is 1.07 bits per heavy atom. The molecule has 0 aromatic heterocycles. The van der Waals surface area contributed by atoms with Crippen LogP contribution in [0.2, 0.25) is 0 Å². The number of hydrogen-bond acceptors (Lipinski definition) is 6. The van der Waals surface area contributed by atoms with Crippen LogP contribution in [-0.4, -0.2) is 79.2 Å². The maximum absolute atomic E-state index is 10.2. The number of ether oxygens (including phenoxy) is 2. The van der Waals surface area contributed by atoms with Gasteiger partial charge in [0.2, 0.25) is 0 Å². The number of nitrogens with zero attached hydrogens (tertiary/aromatic N) is 2. The van der Waals surface area contributed by atoms with E-state index < -0.39 is 6.10 Å². The topological polar surface area (TPSA) is 65.4 Å². The van der Waals surface area contributed by atoms with Gasteiger partial charge in [0.1, 0.15) is 12.7 Å². The van der Waals surface area contributed by atoms with E-state index in [0.717, 1.165) is 45.6 Å². The Hall–Kier alpha value is -1.34. The van der Waals surface area contributed by atoms with Crippen molar-refractivity contribution in [1.29, 1.82) is 0 Å². The zero-order chi connectivity index (χ0) is 19.1. The lowest BCUT2D eigenvalue weighted by molar-refractivity contribution is 0.0747. The fraction of sp³-hybridized carbons (Fsp3) is 0.714. The number of aliphatic hydroxyl groups is 2. The lowest BCUT2D eigenvalue weighted by Gasteiger charge is -2.31. The minimum atomic E-state index is -0.486. The molecule has 2 fully saturated rings. The second kappa shape index (κ2) is 10.3. The Morgan fingerprint density at radius 3 is 2.48 bits per heavy atom. The normalized spacial score (nSPS) is 20.7. The second-order valence-corrected chi connectivity index (χ2v) is 7.86. The molecule has 6 heteroatoms. The van der Waals surface area contributed by atoms with Gasteiger partial charge in [0.05, 0.1) is 7.11 Å². The predicted molar refractivity (Wildman–Crippen MR) is 105 cm³/mol. The summed E-state index contributed by atoms with van der Waals surface area (Å²) in [6.07, 6.45) is 4.08. The molecule has 0 unspecified atom stereocenters. The molecule has 3 rings (SSSR count). The molecule has 0 saturated carbocycles. The number of aliphatic hydroxyl groups excluding tert-OH is 2. The summed E-state index contributed by atoms with van der Waals surface area (Å²) in [6.45, 7) is 6.33. The largest absolute Gasteiger partial charge is 0.493 e. The van der Waals surface area contributed by atoms with Crippen LogP contribution in [0.4, 0.5) is 0 Å². The van der Waals surface area contributed by atoms with Crippen LogP contribution >= 0.6 is 0 Å². The summed E-state index contributed by atoms with van der Waals surface area (Å²) < 4.78 is 11.3. The van der Waals surface area contributed by atoms with Crippen LogP contribution in [0, 0.1) is 5.92 Å². The molecule has 0 aliphatic carbocycles. The average molecular weight is 379 g/mol. The number of benzene rings is 1. The first kappa shape index (κ1) is 20.4. The van der Waals surface area contributed by atoms with Crippen molar-refractivity contribution in [3.8, 4) is 11.5 Å². The lowest BCUT2D eigenvalue weighted by atomic mass is 9.97. The standard InChI is InChI=1S/C21H34N2O4/c1-26-21-12-18(13-23-10-6-17(15-24)7-11-23)4-5-20(21)27-16-19(25)14-22-8-2-3-9-22/h4-5,12,17,19,24-25H,2-3,6-11,13-16H2,1H3/t19-/m0/s1. The van der Waals surface area contributed by atoms with Crippen molar-refractivity contribution in [2.45, 2.75) is 38.3 Å². The first-order chi connectivity index (χ1) is 13.2. The summed E-state index contributed by atoms with van der Waals surface area (Å²) in [5.41, 5.74) is 1.19. The number of likely N-dealkylation sites (tertiary alicyclic amines) is 2. The van der Waals surface area contributed by atoms with Crippen LogP contribution in [0.5, 0.6) is 11.5 Å². The summed E-state index contributed by atoms with van der Waals surface area (Å²) in [6, 6.07) is 6.04. The molecule has 0 bridgehead atoms. The molecule has 2 saturated heterocycles. The molecule has 6 nitrogen and oxygen atoms in total. The lowest BCUT2D eigenvalue weighted by Crippen LogP contribution is -2.34. The number of methoxy groups -OCH3 is 1. The average Bonchev–Trinajstić information content (AvgIpc) is 3.20. The second-order valence-electron chi connectivity index (χ2n) is 7.86. The van der Waals surface area contributed by atoms with Crippen molar-refractivity contribution in [3.05, 3.63) is 23.8 Å². The molecular formula is C21H34N2O4. The van der Waals surface area contributed by atoms with E-state index in [-0.39, 0.29) is 6.61 Å². The van der Waals surface area contributed by atoms with Crippen LogP contribution in [0.1, 0.15) is 31.2 Å². The van der Waals surface area contributed by atoms with E-state index >= 15 is 0 Å². The van der Waals surface area contributed by atoms with Crippen LogP contribution < -0.4 is 9.47 Å². The molecule has 0 amide bonds. The van der Waals surface area contributed by atoms with Gasteiger partial charge in [-0.05, 0) is 75.5 Å². The minimum Gasteiger partial charge on any atom is -0.493 e. The molecule has 2 aliphatic rings. The van der Waals surface area contributed by atoms with Gasteiger partial charge in [-0.1, -0.05) is 6.07 Å². The maximum atomic E-state index is 10.2. The fourth-order valence-corrected chi connectivity index (χ4v) is 4.02. The van der Waals surface area contributed by atoms with Crippen LogP contribution in [0.3, 0.4) is 0 Å². The highest BCUT2D eigenvalue weighted by molar-refractivity contribution is 5.43. The highest BCUT2D eigenvalue weighted by Gasteiger charge is 2.20. The zero-order valence-electron chi connectivity index (χ0n) is 16.5. The van der Waals surface area contributed by atoms with E-state index in [4.69, 9.17) is 9.47 Å². The first-order valence-electron chi connectivity index (χ1n) is 10.2. The van der Waals surface area contributed by atoms with Crippen molar-refractivity contribution in [3.63, 3.8) is 0 Å². The van der Waals surface area contributed by atoms with Gasteiger partial charge in [-0.2, -0.15) is 0 Å². The fourth-order valence-electron chi connectivity index (χ4n) is 4.02. The number of β-amino-alcohol motifs (C(OH)–C–C–N with tert-alkyl or cyclic N) is 1. The van der Waals surface area contributed by atoms with Crippen LogP contribution in [-0.2, 0) is 6.54 Å². The molecule has 2 heterocycles. The minimum absolute atomic E-state index is 0.279. The summed E-state index contributed by atoms with van der Waals surface area (Å²) in [5.74, 6) is 1.85. The highest BCUT2D eigenvalue weighted by Crippen LogP contribution is 2.29. The van der Waals surface area contributed by atoms with E-state index in [2.05, 4.69) is 15.9 Å². The molecule has 1 aromatic rings. The molecule has 1 atom stereocenters. The van der Waals surface area contributed by atoms with Gasteiger partial charge in [-0.3, -0.25) is 4.90 Å². The van der Waals surface area contributed by atoms with Gasteiger partial charge in [0.25, 0.3) is 0 Å². The van der Waals surface area contributed by atoms with E-state index in [0.29, 0.717) is 30.6 Å². The van der Waals surface area contributed by atoms with Crippen molar-refractivity contribution in [2.75, 3.05) is 53.0 Å². The van der Waals surface area contributed by atoms with Gasteiger partial charge in [0, 0.05) is 19.7 Å². The zero-order valence-corrected chi connectivity index (χ0v) is 16.5. The third-order valence-electron chi connectivity index (χ3n) is 5.70. The maximum Gasteiger partial charge on any atom is 0.161 e. The molecule has 1 aromatic carbocycles. The van der Waals surface area contributed by atoms with Crippen LogP contribution in [0.15, 0.2) is 18.2 Å². The smallest absolute Gasteiger partial charge is 0.161 e. The van der Waals surface area contributed by atoms with Gasteiger partial charge < -0.3 is 24.6 Å². The summed E-state index contributed by atoms with van der Waals surface area (Å²) >= 11 is 0. The van der Waals surface area contributed by atoms with Gasteiger partial charge in [0.15, 0.2) is 11.5 Å². The Bertz CT molecular complexity index is 569. The third-order valence-corrected chi connectivity index (χ3v) is 5.70. The Balaban J connectivity index is 1.49. The molecule has 0 spiro atoms. The number of hydrogen-bond donors (Lipinski definition) is 2. The molecule has 152 valence electrons. The molecule has 27 heavy (non-hydrogen) atoms. The molecule has 2 N–H and O–H groups in total. The Labute approximate surface area is 162 Å². The van der Waals surface area contributed by atoms with E-state index in [1.54, 1.807) is 7.11 Å². The SMILES string of the molecule is COc1cc(CN2CCC(CO)CC2)ccc1OC[C@@H](O)CN1CCCC1. The van der Waals surface area contributed by atoms with Gasteiger partial charge in [-0.25, -0.2) is 0 Å². The third kappa shape index (κ3) is 6.07. The quantitative estimate of drug-likeness (QED) is 0.682. The van der Waals surface area contributed by atoms with E-state index in [9.17, 15) is 10.2 Å². The molecular weight excluding hydrogens is 344 g/mol. The van der Waals surface area contributed by atoms with Gasteiger partial charge in [-0.15, -0.1) is 0 Å². The van der Waals surface area contributed by atoms with Crippen molar-refractivity contribution in [1.82, 2.24) is 9.80 Å². The molecule has 0 radical (unpaired) electrons. The summed E-state index contributed by atoms with van der Waals surface area (Å²) in [5, 5.41) is 19.5. The van der Waals surface area contributed by atoms with Gasteiger partial charge >= 0.3 is 0 Å². The number of rotatable bonds is 9. The Morgan fingerprint density at radius 2 is 1.81 bits per heavy atom. The van der Waals surface area contributed by atoms with Crippen molar-refractivity contribution < 1.29 is 19.7 Å². The van der Waals surface area contributed by atoms with Crippen molar-refractivity contribution >= 4 is 0 Å². The van der Waals surface area contributed by atoms with E-state index in [1.807, 2.05) is 12.1 Å². The van der Waals surface area contributed by atoms with E-state index in [1.165, 1.54) is 18.4 Å². The monoisotopic (exact) mass is 378 g/mol. The first-order valence-corrected chi connectivity index (χ1v) is 10.2. The predicted octanol–water partition coefficient (Wildman–Crippen LogP) is 1.73. The van der Waals surface area contributed by atoms with Crippen LogP contribution in [0.25, 0.3) is 0 Å². The summed E-state index contributed by atoms with van der Waals surface area (Å²) in [4.78, 5) is 4.70. The number of piperidine rings is 1. The van der Waals surface area contributed by atoms with Crippen molar-refractivity contribution in [2.24, 2.45) is 5.92 Å². The molecule has 2 aliphatic heterocycles. The highest BCUT2D eigenvalue weighted by atomic mass is 16.5.